The van der Waals surface area contributed by atoms with Crippen molar-refractivity contribution in [2.75, 3.05) is 5.32 Å². The normalized spacial score (nSPS) is 14.1. The Morgan fingerprint density at radius 2 is 2.18 bits per heavy atom. The van der Waals surface area contributed by atoms with Crippen molar-refractivity contribution >= 4 is 39.6 Å². The third-order valence-electron chi connectivity index (χ3n) is 2.74. The van der Waals surface area contributed by atoms with Gasteiger partial charge in [0.1, 0.15) is 5.01 Å². The maximum Gasteiger partial charge on any atom is 0.238 e. The highest BCUT2D eigenvalue weighted by Gasteiger charge is 2.35. The van der Waals surface area contributed by atoms with Gasteiger partial charge in [-0.2, -0.15) is 0 Å². The summed E-state index contributed by atoms with van der Waals surface area (Å²) in [5.74, 6) is -0.230. The summed E-state index contributed by atoms with van der Waals surface area (Å²) in [5.41, 5.74) is 4.77. The summed E-state index contributed by atoms with van der Waals surface area (Å²) in [5, 5.41) is 11.9. The molecule has 94 valence electrons. The number of nitrogens with one attached hydrogen (secondary N) is 1. The van der Waals surface area contributed by atoms with Crippen LogP contribution in [0.1, 0.15) is 32.2 Å². The summed E-state index contributed by atoms with van der Waals surface area (Å²) in [6.07, 6.45) is 1.35. The van der Waals surface area contributed by atoms with Crippen LogP contribution in [-0.4, -0.2) is 21.1 Å². The third-order valence-corrected chi connectivity index (χ3v) is 4.18. The topological polar surface area (TPSA) is 80.9 Å². The lowest BCUT2D eigenvalue weighted by Gasteiger charge is -2.24. The molecule has 0 radical (unpaired) electrons. The van der Waals surface area contributed by atoms with Crippen molar-refractivity contribution in [3.8, 4) is 0 Å². The van der Waals surface area contributed by atoms with E-state index in [1.165, 1.54) is 11.3 Å². The third kappa shape index (κ3) is 2.98. The van der Waals surface area contributed by atoms with Gasteiger partial charge in [-0.25, -0.2) is 0 Å². The molecule has 17 heavy (non-hydrogen) atoms. The standard InChI is InChI=1S/C10H16N4OS2/c1-4-6-13-14-9(17-6)12-8(15)10(3,5-2)7(11)16/h4-5H2,1-3H3,(H2,11,16)(H,12,14,15). The molecule has 7 heteroatoms. The molecule has 0 aliphatic rings. The van der Waals surface area contributed by atoms with Crippen molar-refractivity contribution in [3.05, 3.63) is 5.01 Å². The number of hydrogen-bond acceptors (Lipinski definition) is 5. The van der Waals surface area contributed by atoms with Crippen molar-refractivity contribution in [1.82, 2.24) is 10.2 Å². The fourth-order valence-electron chi connectivity index (χ4n) is 1.13. The average molecular weight is 272 g/mol. The van der Waals surface area contributed by atoms with Gasteiger partial charge in [0.15, 0.2) is 0 Å². The molecule has 3 N–H and O–H groups in total. The zero-order valence-corrected chi connectivity index (χ0v) is 11.7. The number of anilines is 1. The van der Waals surface area contributed by atoms with Crippen molar-refractivity contribution in [2.24, 2.45) is 11.1 Å². The summed E-state index contributed by atoms with van der Waals surface area (Å²) in [6, 6.07) is 0. The van der Waals surface area contributed by atoms with Gasteiger partial charge < -0.3 is 5.73 Å². The van der Waals surface area contributed by atoms with Gasteiger partial charge in [-0.05, 0) is 19.8 Å². The van der Waals surface area contributed by atoms with Crippen LogP contribution in [0.15, 0.2) is 0 Å². The molecular formula is C10H16N4OS2. The number of aryl methyl sites for hydroxylation is 1. The molecule has 1 rings (SSSR count). The van der Waals surface area contributed by atoms with E-state index in [0.29, 0.717) is 11.6 Å². The lowest BCUT2D eigenvalue weighted by molar-refractivity contribution is -0.121. The number of carbonyl (C=O) groups is 1. The van der Waals surface area contributed by atoms with Gasteiger partial charge in [0.2, 0.25) is 11.0 Å². The van der Waals surface area contributed by atoms with E-state index in [1.54, 1.807) is 6.92 Å². The molecule has 0 saturated heterocycles. The molecule has 0 aliphatic carbocycles. The molecule has 1 unspecified atom stereocenters. The van der Waals surface area contributed by atoms with Crippen LogP contribution in [0.2, 0.25) is 0 Å². The van der Waals surface area contributed by atoms with Gasteiger partial charge in [-0.3, -0.25) is 10.1 Å². The van der Waals surface area contributed by atoms with Gasteiger partial charge in [0.05, 0.1) is 10.4 Å². The Morgan fingerprint density at radius 1 is 1.53 bits per heavy atom. The van der Waals surface area contributed by atoms with E-state index in [4.69, 9.17) is 18.0 Å². The van der Waals surface area contributed by atoms with Gasteiger partial charge in [-0.1, -0.05) is 37.4 Å². The zero-order valence-electron chi connectivity index (χ0n) is 10.1. The molecule has 5 nitrogen and oxygen atoms in total. The maximum absolute atomic E-state index is 12.1. The van der Waals surface area contributed by atoms with Crippen LogP contribution in [0.4, 0.5) is 5.13 Å². The maximum atomic E-state index is 12.1. The summed E-state index contributed by atoms with van der Waals surface area (Å²) < 4.78 is 0. The van der Waals surface area contributed by atoms with Gasteiger partial charge in [0, 0.05) is 0 Å². The van der Waals surface area contributed by atoms with E-state index in [1.807, 2.05) is 13.8 Å². The quantitative estimate of drug-likeness (QED) is 0.798. The first-order valence-electron chi connectivity index (χ1n) is 5.37. The highest BCUT2D eigenvalue weighted by atomic mass is 32.1. The summed E-state index contributed by atoms with van der Waals surface area (Å²) in [7, 11) is 0. The molecule has 0 bridgehead atoms. The van der Waals surface area contributed by atoms with Gasteiger partial charge in [0.25, 0.3) is 0 Å². The summed E-state index contributed by atoms with van der Waals surface area (Å²) in [6.45, 7) is 5.58. The number of hydrogen-bond donors (Lipinski definition) is 2. The van der Waals surface area contributed by atoms with E-state index in [-0.39, 0.29) is 10.9 Å². The number of carbonyl (C=O) groups excluding carboxylic acids is 1. The number of rotatable bonds is 5. The average Bonchev–Trinajstić information content (AvgIpc) is 2.75. The molecule has 1 heterocycles. The van der Waals surface area contributed by atoms with Crippen LogP contribution in [-0.2, 0) is 11.2 Å². The predicted octanol–water partition coefficient (Wildman–Crippen LogP) is 1.74. The van der Waals surface area contributed by atoms with Crippen LogP contribution in [0.25, 0.3) is 0 Å². The molecule has 1 amide bonds. The Kier molecular flexibility index (Phi) is 4.53. The summed E-state index contributed by atoms with van der Waals surface area (Å²) >= 11 is 6.30. The Bertz CT molecular complexity index is 432. The fraction of sp³-hybridized carbons (Fsp3) is 0.600. The molecule has 1 aromatic heterocycles. The minimum Gasteiger partial charge on any atom is -0.392 e. The number of nitrogens with two attached hydrogens (primary N) is 1. The van der Waals surface area contributed by atoms with Crippen molar-refractivity contribution < 1.29 is 4.79 Å². The van der Waals surface area contributed by atoms with E-state index >= 15 is 0 Å². The molecule has 0 saturated carbocycles. The van der Waals surface area contributed by atoms with E-state index in [2.05, 4.69) is 15.5 Å². The van der Waals surface area contributed by atoms with Crippen LogP contribution >= 0.6 is 23.6 Å². The van der Waals surface area contributed by atoms with Gasteiger partial charge >= 0.3 is 0 Å². The van der Waals surface area contributed by atoms with Crippen LogP contribution in [0.5, 0.6) is 0 Å². The largest absolute Gasteiger partial charge is 0.392 e. The number of aromatic nitrogens is 2. The first-order valence-corrected chi connectivity index (χ1v) is 6.60. The summed E-state index contributed by atoms with van der Waals surface area (Å²) in [4.78, 5) is 12.3. The minimum absolute atomic E-state index is 0.192. The monoisotopic (exact) mass is 272 g/mol. The second-order valence-electron chi connectivity index (χ2n) is 3.86. The predicted molar refractivity (Wildman–Crippen MR) is 73.1 cm³/mol. The molecule has 0 fully saturated rings. The van der Waals surface area contributed by atoms with Crippen molar-refractivity contribution in [2.45, 2.75) is 33.6 Å². The highest BCUT2D eigenvalue weighted by molar-refractivity contribution is 7.80. The van der Waals surface area contributed by atoms with Crippen LogP contribution < -0.4 is 11.1 Å². The van der Waals surface area contributed by atoms with E-state index in [0.717, 1.165) is 11.4 Å². The number of thiocarbonyl (C=S) groups is 1. The minimum atomic E-state index is -0.840. The Hall–Kier alpha value is -1.08. The molecular weight excluding hydrogens is 256 g/mol. The SMILES string of the molecule is CCc1nnc(NC(=O)C(C)(CC)C(N)=S)s1. The molecule has 0 aliphatic heterocycles. The molecule has 1 atom stereocenters. The van der Waals surface area contributed by atoms with Gasteiger partial charge in [-0.15, -0.1) is 10.2 Å². The fourth-order valence-corrected chi connectivity index (χ4v) is 2.04. The van der Waals surface area contributed by atoms with Crippen molar-refractivity contribution in [1.29, 1.82) is 0 Å². The molecule has 0 spiro atoms. The second kappa shape index (κ2) is 5.50. The highest BCUT2D eigenvalue weighted by Crippen LogP contribution is 2.25. The zero-order chi connectivity index (χ0) is 13.1. The van der Waals surface area contributed by atoms with Crippen LogP contribution in [0, 0.1) is 5.41 Å². The van der Waals surface area contributed by atoms with E-state index in [9.17, 15) is 4.79 Å². The lowest BCUT2D eigenvalue weighted by Crippen LogP contribution is -2.43. The van der Waals surface area contributed by atoms with Crippen molar-refractivity contribution in [3.63, 3.8) is 0 Å². The Balaban J connectivity index is 2.81. The first kappa shape index (κ1) is 14.0. The Labute approximate surface area is 110 Å². The lowest BCUT2D eigenvalue weighted by atomic mass is 9.86. The Morgan fingerprint density at radius 3 is 2.59 bits per heavy atom. The molecule has 0 aromatic carbocycles. The molecule has 1 aromatic rings. The number of amides is 1. The second-order valence-corrected chi connectivity index (χ2v) is 5.36. The smallest absolute Gasteiger partial charge is 0.238 e. The van der Waals surface area contributed by atoms with E-state index < -0.39 is 5.41 Å². The number of nitrogens with zero attached hydrogens (tertiary/aromatic N) is 2. The first-order chi connectivity index (χ1) is 7.93. The van der Waals surface area contributed by atoms with Crippen LogP contribution in [0.3, 0.4) is 0 Å².